The van der Waals surface area contributed by atoms with E-state index in [-0.39, 0.29) is 0 Å². The molecule has 0 bridgehead atoms. The highest BCUT2D eigenvalue weighted by molar-refractivity contribution is 4.86. The SMILES string of the molecule is C#CCNCCCN1CCCCC1. The minimum atomic E-state index is 0.708. The van der Waals surface area contributed by atoms with Crippen molar-refractivity contribution in [2.75, 3.05) is 32.7 Å². The molecule has 0 aromatic heterocycles. The van der Waals surface area contributed by atoms with Gasteiger partial charge < -0.3 is 10.2 Å². The van der Waals surface area contributed by atoms with Crippen LogP contribution in [0.1, 0.15) is 25.7 Å². The van der Waals surface area contributed by atoms with Gasteiger partial charge in [0.25, 0.3) is 0 Å². The van der Waals surface area contributed by atoms with Crippen molar-refractivity contribution in [3.63, 3.8) is 0 Å². The molecule has 1 aliphatic heterocycles. The summed E-state index contributed by atoms with van der Waals surface area (Å²) in [5.41, 5.74) is 0. The van der Waals surface area contributed by atoms with Gasteiger partial charge in [-0.1, -0.05) is 12.3 Å². The zero-order valence-corrected chi connectivity index (χ0v) is 8.39. The Hall–Kier alpha value is -0.520. The first-order valence-corrected chi connectivity index (χ1v) is 5.30. The zero-order chi connectivity index (χ0) is 9.36. The normalized spacial score (nSPS) is 18.4. The van der Waals surface area contributed by atoms with E-state index in [4.69, 9.17) is 6.42 Å². The molecule has 0 radical (unpaired) electrons. The Morgan fingerprint density at radius 1 is 1.23 bits per heavy atom. The fraction of sp³-hybridized carbons (Fsp3) is 0.818. The van der Waals surface area contributed by atoms with Crippen molar-refractivity contribution in [2.24, 2.45) is 0 Å². The lowest BCUT2D eigenvalue weighted by Gasteiger charge is -2.26. The first kappa shape index (κ1) is 10.6. The second-order valence-corrected chi connectivity index (χ2v) is 3.64. The van der Waals surface area contributed by atoms with Crippen molar-refractivity contribution in [1.29, 1.82) is 0 Å². The molecule has 0 amide bonds. The highest BCUT2D eigenvalue weighted by Gasteiger charge is 2.08. The number of hydrogen-bond donors (Lipinski definition) is 1. The number of piperidine rings is 1. The molecule has 13 heavy (non-hydrogen) atoms. The third-order valence-electron chi connectivity index (χ3n) is 2.50. The fourth-order valence-electron chi connectivity index (χ4n) is 1.77. The third-order valence-corrected chi connectivity index (χ3v) is 2.50. The van der Waals surface area contributed by atoms with E-state index in [1.54, 1.807) is 0 Å². The molecule has 2 nitrogen and oxygen atoms in total. The maximum atomic E-state index is 5.13. The van der Waals surface area contributed by atoms with E-state index in [1.165, 1.54) is 45.3 Å². The van der Waals surface area contributed by atoms with Crippen LogP contribution in [0.3, 0.4) is 0 Å². The van der Waals surface area contributed by atoms with Crippen molar-refractivity contribution in [2.45, 2.75) is 25.7 Å². The summed E-state index contributed by atoms with van der Waals surface area (Å²) < 4.78 is 0. The average molecular weight is 180 g/mol. The van der Waals surface area contributed by atoms with Crippen LogP contribution in [-0.4, -0.2) is 37.6 Å². The Kier molecular flexibility index (Phi) is 5.64. The van der Waals surface area contributed by atoms with Crippen LogP contribution in [0.5, 0.6) is 0 Å². The summed E-state index contributed by atoms with van der Waals surface area (Å²) in [5, 5.41) is 3.21. The molecule has 0 unspecified atom stereocenters. The molecule has 2 heteroatoms. The van der Waals surface area contributed by atoms with Gasteiger partial charge in [0.05, 0.1) is 6.54 Å². The number of nitrogens with one attached hydrogen (secondary N) is 1. The summed E-state index contributed by atoms with van der Waals surface area (Å²) in [5.74, 6) is 2.58. The van der Waals surface area contributed by atoms with Gasteiger partial charge in [-0.15, -0.1) is 6.42 Å². The summed E-state index contributed by atoms with van der Waals surface area (Å²) in [4.78, 5) is 2.56. The number of terminal acetylenes is 1. The standard InChI is InChI=1S/C11H20N2/c1-2-7-12-8-6-11-13-9-4-3-5-10-13/h1,12H,3-11H2. The summed E-state index contributed by atoms with van der Waals surface area (Å²) >= 11 is 0. The van der Waals surface area contributed by atoms with Crippen LogP contribution in [-0.2, 0) is 0 Å². The Morgan fingerprint density at radius 2 is 2.00 bits per heavy atom. The highest BCUT2D eigenvalue weighted by atomic mass is 15.1. The van der Waals surface area contributed by atoms with Crippen LogP contribution in [0.2, 0.25) is 0 Å². The van der Waals surface area contributed by atoms with Gasteiger partial charge in [0.2, 0.25) is 0 Å². The molecule has 0 saturated carbocycles. The number of nitrogens with zero attached hydrogens (tertiary/aromatic N) is 1. The Morgan fingerprint density at radius 3 is 2.69 bits per heavy atom. The second kappa shape index (κ2) is 6.94. The fourth-order valence-corrected chi connectivity index (χ4v) is 1.77. The topological polar surface area (TPSA) is 15.3 Å². The van der Waals surface area contributed by atoms with Gasteiger partial charge in [-0.2, -0.15) is 0 Å². The molecular formula is C11H20N2. The molecule has 0 aliphatic carbocycles. The van der Waals surface area contributed by atoms with Crippen molar-refractivity contribution >= 4 is 0 Å². The molecule has 1 rings (SSSR count). The van der Waals surface area contributed by atoms with Crippen molar-refractivity contribution < 1.29 is 0 Å². The zero-order valence-electron chi connectivity index (χ0n) is 8.39. The maximum Gasteiger partial charge on any atom is 0.0573 e. The molecule has 0 atom stereocenters. The summed E-state index contributed by atoms with van der Waals surface area (Å²) in [6.07, 6.45) is 10.6. The van der Waals surface area contributed by atoms with Crippen molar-refractivity contribution in [3.05, 3.63) is 0 Å². The van der Waals surface area contributed by atoms with Crippen LogP contribution >= 0.6 is 0 Å². The highest BCUT2D eigenvalue weighted by Crippen LogP contribution is 2.08. The first-order chi connectivity index (χ1) is 6.43. The van der Waals surface area contributed by atoms with Gasteiger partial charge in [0.1, 0.15) is 0 Å². The minimum Gasteiger partial charge on any atom is -0.306 e. The van der Waals surface area contributed by atoms with E-state index in [9.17, 15) is 0 Å². The predicted molar refractivity (Wildman–Crippen MR) is 56.6 cm³/mol. The van der Waals surface area contributed by atoms with Crippen LogP contribution in [0, 0.1) is 12.3 Å². The van der Waals surface area contributed by atoms with Crippen LogP contribution in [0.25, 0.3) is 0 Å². The van der Waals surface area contributed by atoms with E-state index in [2.05, 4.69) is 16.1 Å². The maximum absolute atomic E-state index is 5.13. The van der Waals surface area contributed by atoms with Crippen molar-refractivity contribution in [1.82, 2.24) is 10.2 Å². The largest absolute Gasteiger partial charge is 0.306 e. The molecular weight excluding hydrogens is 160 g/mol. The van der Waals surface area contributed by atoms with Gasteiger partial charge in [-0.25, -0.2) is 0 Å². The second-order valence-electron chi connectivity index (χ2n) is 3.64. The summed E-state index contributed by atoms with van der Waals surface area (Å²) in [6, 6.07) is 0. The lowest BCUT2D eigenvalue weighted by molar-refractivity contribution is 0.226. The lowest BCUT2D eigenvalue weighted by atomic mass is 10.1. The molecule has 0 aromatic carbocycles. The van der Waals surface area contributed by atoms with Gasteiger partial charge in [0, 0.05) is 0 Å². The third kappa shape index (κ3) is 4.92. The van der Waals surface area contributed by atoms with Crippen molar-refractivity contribution in [3.8, 4) is 12.3 Å². The molecule has 1 N–H and O–H groups in total. The quantitative estimate of drug-likeness (QED) is 0.503. The molecule has 1 heterocycles. The summed E-state index contributed by atoms with van der Waals surface area (Å²) in [7, 11) is 0. The molecule has 0 aromatic rings. The number of likely N-dealkylation sites (tertiary alicyclic amines) is 1. The molecule has 1 aliphatic rings. The first-order valence-electron chi connectivity index (χ1n) is 5.30. The van der Waals surface area contributed by atoms with Crippen LogP contribution < -0.4 is 5.32 Å². The number of rotatable bonds is 5. The molecule has 1 fully saturated rings. The smallest absolute Gasteiger partial charge is 0.0573 e. The molecule has 0 spiro atoms. The van der Waals surface area contributed by atoms with Gasteiger partial charge in [0.15, 0.2) is 0 Å². The average Bonchev–Trinajstić information content (AvgIpc) is 2.19. The van der Waals surface area contributed by atoms with E-state index in [0.717, 1.165) is 6.54 Å². The van der Waals surface area contributed by atoms with E-state index < -0.39 is 0 Å². The Labute approximate surface area is 81.7 Å². The monoisotopic (exact) mass is 180 g/mol. The Balaban J connectivity index is 1.90. The van der Waals surface area contributed by atoms with E-state index in [1.807, 2.05) is 0 Å². The predicted octanol–water partition coefficient (Wildman–Crippen LogP) is 1.09. The van der Waals surface area contributed by atoms with Gasteiger partial charge >= 0.3 is 0 Å². The van der Waals surface area contributed by atoms with Crippen LogP contribution in [0.4, 0.5) is 0 Å². The van der Waals surface area contributed by atoms with E-state index in [0.29, 0.717) is 6.54 Å². The van der Waals surface area contributed by atoms with E-state index >= 15 is 0 Å². The van der Waals surface area contributed by atoms with Gasteiger partial charge in [-0.05, 0) is 45.4 Å². The Bertz CT molecular complexity index is 154. The molecule has 1 saturated heterocycles. The minimum absolute atomic E-state index is 0.708. The number of hydrogen-bond acceptors (Lipinski definition) is 2. The molecule has 74 valence electrons. The van der Waals surface area contributed by atoms with Gasteiger partial charge in [-0.3, -0.25) is 0 Å². The summed E-state index contributed by atoms with van der Waals surface area (Å²) in [6.45, 7) is 5.60. The lowest BCUT2D eigenvalue weighted by Crippen LogP contribution is -2.32. The van der Waals surface area contributed by atoms with Crippen LogP contribution in [0.15, 0.2) is 0 Å².